The van der Waals surface area contributed by atoms with Gasteiger partial charge in [0.05, 0.1) is 23.8 Å². The monoisotopic (exact) mass is 990 g/mol. The summed E-state index contributed by atoms with van der Waals surface area (Å²) >= 11 is 0. The number of aromatic nitrogens is 2. The number of aliphatic hydroxyl groups excluding tert-OH is 1. The van der Waals surface area contributed by atoms with Gasteiger partial charge in [0.25, 0.3) is 11.8 Å². The summed E-state index contributed by atoms with van der Waals surface area (Å²) in [5, 5.41) is 20.8. The number of carbonyl (C=O) groups excluding carboxylic acids is 8. The molecule has 0 aliphatic carbocycles. The molecule has 7 amide bonds. The third-order valence-corrected chi connectivity index (χ3v) is 12.0. The molecule has 0 fully saturated rings. The molecule has 386 valence electrons. The van der Waals surface area contributed by atoms with E-state index in [1.165, 1.54) is 24.0 Å². The molecule has 0 spiro atoms. The van der Waals surface area contributed by atoms with Gasteiger partial charge in [-0.05, 0) is 80.5 Å². The lowest BCUT2D eigenvalue weighted by Gasteiger charge is -2.40. The molecule has 2 heterocycles. The second-order valence-corrected chi connectivity index (χ2v) is 19.2. The molecule has 3 aromatic rings. The van der Waals surface area contributed by atoms with Crippen molar-refractivity contribution in [3.63, 3.8) is 0 Å². The predicted molar refractivity (Wildman–Crippen MR) is 260 cm³/mol. The van der Waals surface area contributed by atoms with Crippen molar-refractivity contribution in [3.8, 4) is 11.3 Å². The Kier molecular flexibility index (Phi) is 21.7. The first-order valence-corrected chi connectivity index (χ1v) is 24.0. The SMILES string of the molecule is CC(NC(=O)[C@@H](NC(=O)CCCCCN1C(=O)C=CC1=O)C(C)C)C(=O)NC(C=O)CCCCNC(=O)C(N)CCN(C(=O)CO)C(c1nc(-c2cc(F)ccc2F)cn1Cc1ccccc1)C(C)(C)C. The van der Waals surface area contributed by atoms with Crippen molar-refractivity contribution in [2.45, 2.75) is 130 Å². The number of imidazole rings is 1. The van der Waals surface area contributed by atoms with Crippen LogP contribution in [0.15, 0.2) is 66.9 Å². The van der Waals surface area contributed by atoms with Gasteiger partial charge in [0.1, 0.15) is 42.4 Å². The molecule has 1 aromatic heterocycles. The van der Waals surface area contributed by atoms with Crippen molar-refractivity contribution in [3.05, 3.63) is 89.9 Å². The molecule has 0 saturated heterocycles. The summed E-state index contributed by atoms with van der Waals surface area (Å²) in [5.41, 5.74) is 6.55. The van der Waals surface area contributed by atoms with Gasteiger partial charge in [-0.25, -0.2) is 13.8 Å². The van der Waals surface area contributed by atoms with Crippen LogP contribution in [0, 0.1) is 23.0 Å². The molecule has 5 atom stereocenters. The number of halogens is 2. The van der Waals surface area contributed by atoms with E-state index in [4.69, 9.17) is 10.7 Å². The lowest BCUT2D eigenvalue weighted by molar-refractivity contribution is -0.140. The van der Waals surface area contributed by atoms with Crippen LogP contribution in [0.3, 0.4) is 0 Å². The summed E-state index contributed by atoms with van der Waals surface area (Å²) < 4.78 is 31.2. The fraction of sp³-hybridized carbons (Fsp3) is 0.510. The highest BCUT2D eigenvalue weighted by molar-refractivity contribution is 6.12. The van der Waals surface area contributed by atoms with E-state index in [-0.39, 0.29) is 80.3 Å². The van der Waals surface area contributed by atoms with Crippen LogP contribution < -0.4 is 27.0 Å². The number of hydrogen-bond donors (Lipinski definition) is 6. The Morgan fingerprint density at radius 3 is 2.18 bits per heavy atom. The summed E-state index contributed by atoms with van der Waals surface area (Å²) in [6.07, 6.45) is 7.34. The molecule has 1 aliphatic heterocycles. The molecule has 18 nitrogen and oxygen atoms in total. The Balaban J connectivity index is 1.26. The average molecular weight is 990 g/mol. The van der Waals surface area contributed by atoms with Crippen LogP contribution >= 0.6 is 0 Å². The largest absolute Gasteiger partial charge is 0.387 e. The lowest BCUT2D eigenvalue weighted by Crippen LogP contribution is -2.55. The summed E-state index contributed by atoms with van der Waals surface area (Å²) in [5.74, 6) is -4.76. The smallest absolute Gasteiger partial charge is 0.253 e. The number of aldehydes is 1. The molecule has 0 saturated carbocycles. The van der Waals surface area contributed by atoms with Crippen molar-refractivity contribution in [1.82, 2.24) is 40.6 Å². The number of rotatable bonds is 28. The number of amides is 7. The van der Waals surface area contributed by atoms with E-state index in [0.717, 1.165) is 28.7 Å². The zero-order valence-electron chi connectivity index (χ0n) is 41.4. The Morgan fingerprint density at radius 2 is 1.55 bits per heavy atom. The first-order valence-electron chi connectivity index (χ1n) is 24.0. The number of nitrogens with zero attached hydrogens (tertiary/aromatic N) is 4. The van der Waals surface area contributed by atoms with E-state index in [9.17, 15) is 47.9 Å². The number of carbonyl (C=O) groups is 8. The second kappa shape index (κ2) is 27.1. The van der Waals surface area contributed by atoms with Crippen molar-refractivity contribution in [2.75, 3.05) is 26.2 Å². The zero-order chi connectivity index (χ0) is 52.4. The fourth-order valence-corrected chi connectivity index (χ4v) is 8.12. The molecule has 0 bridgehead atoms. The Morgan fingerprint density at radius 1 is 0.859 bits per heavy atom. The maximum Gasteiger partial charge on any atom is 0.253 e. The van der Waals surface area contributed by atoms with Gasteiger partial charge in [0, 0.05) is 56.5 Å². The summed E-state index contributed by atoms with van der Waals surface area (Å²) in [4.78, 5) is 108. The van der Waals surface area contributed by atoms with E-state index in [2.05, 4.69) is 21.3 Å². The highest BCUT2D eigenvalue weighted by atomic mass is 19.1. The lowest BCUT2D eigenvalue weighted by atomic mass is 9.84. The van der Waals surface area contributed by atoms with Crippen molar-refractivity contribution in [1.29, 1.82) is 0 Å². The molecule has 7 N–H and O–H groups in total. The number of aliphatic hydroxyl groups is 1. The van der Waals surface area contributed by atoms with Gasteiger partial charge < -0.3 is 46.4 Å². The number of nitrogens with one attached hydrogen (secondary N) is 4. The molecule has 2 aromatic carbocycles. The highest BCUT2D eigenvalue weighted by Gasteiger charge is 2.39. The van der Waals surface area contributed by atoms with Gasteiger partial charge >= 0.3 is 0 Å². The first-order chi connectivity index (χ1) is 33.6. The average Bonchev–Trinajstić information content (AvgIpc) is 3.88. The van der Waals surface area contributed by atoms with Crippen molar-refractivity contribution in [2.24, 2.45) is 17.1 Å². The van der Waals surface area contributed by atoms with Crippen LogP contribution in [0.25, 0.3) is 11.3 Å². The minimum absolute atomic E-state index is 0.0136. The van der Waals surface area contributed by atoms with Crippen LogP contribution in [0.4, 0.5) is 8.78 Å². The van der Waals surface area contributed by atoms with Gasteiger partial charge in [0.2, 0.25) is 29.5 Å². The maximum absolute atomic E-state index is 15.1. The van der Waals surface area contributed by atoms with Crippen LogP contribution in [-0.4, -0.2) is 123 Å². The second-order valence-electron chi connectivity index (χ2n) is 19.2. The third-order valence-electron chi connectivity index (χ3n) is 12.0. The fourth-order valence-electron chi connectivity index (χ4n) is 8.12. The van der Waals surface area contributed by atoms with Crippen LogP contribution in [0.2, 0.25) is 0 Å². The quantitative estimate of drug-likeness (QED) is 0.0348. The standard InChI is InChI=1S/C51H69F2N9O9/c1-32(2)45(59-41(65)18-11-8-14-25-61-42(66)21-22-43(61)67)50(71)56-33(3)48(69)57-36(30-63)17-12-13-24-55-49(70)39(54)23-26-62(44(68)31-64)46(51(4,5)6)47-58-40(37-27-35(52)19-20-38(37)53)29-60(47)28-34-15-9-7-10-16-34/h7,9-10,15-16,19-22,27,29-30,32-33,36,39,45-46,64H,8,11-14,17-18,23-26,28,31,54H2,1-6H3,(H,55,70)(H,56,71)(H,57,69)(H,59,65)/t33?,36?,39?,45-,46?/m0/s1. The van der Waals surface area contributed by atoms with Crippen LogP contribution in [0.1, 0.15) is 110 Å². The molecular formula is C51H69F2N9O9. The zero-order valence-corrected chi connectivity index (χ0v) is 41.4. The molecule has 20 heteroatoms. The minimum Gasteiger partial charge on any atom is -0.387 e. The number of nitrogens with two attached hydrogens (primary N) is 1. The normalized spacial score (nSPS) is 14.7. The Bertz CT molecular complexity index is 2350. The van der Waals surface area contributed by atoms with Gasteiger partial charge in [-0.2, -0.15) is 0 Å². The van der Waals surface area contributed by atoms with Crippen molar-refractivity contribution >= 4 is 47.6 Å². The van der Waals surface area contributed by atoms with Gasteiger partial charge in [-0.1, -0.05) is 71.4 Å². The van der Waals surface area contributed by atoms with E-state index in [0.29, 0.717) is 44.2 Å². The minimum atomic E-state index is -1.08. The highest BCUT2D eigenvalue weighted by Crippen LogP contribution is 2.39. The Labute approximate surface area is 413 Å². The molecule has 4 unspecified atom stereocenters. The van der Waals surface area contributed by atoms with Crippen LogP contribution in [0.5, 0.6) is 0 Å². The van der Waals surface area contributed by atoms with E-state index < -0.39 is 77.5 Å². The third kappa shape index (κ3) is 17.0. The number of benzene rings is 2. The summed E-state index contributed by atoms with van der Waals surface area (Å²) in [6.45, 7) is 10.3. The topological polar surface area (TPSA) is 255 Å². The van der Waals surface area contributed by atoms with Gasteiger partial charge in [-0.3, -0.25) is 38.5 Å². The van der Waals surface area contributed by atoms with Crippen LogP contribution in [-0.2, 0) is 44.9 Å². The van der Waals surface area contributed by atoms with Gasteiger partial charge in [0.15, 0.2) is 0 Å². The van der Waals surface area contributed by atoms with Crippen molar-refractivity contribution < 1.29 is 52.2 Å². The van der Waals surface area contributed by atoms with E-state index >= 15 is 4.39 Å². The first kappa shape index (κ1) is 56.9. The Hall–Kier alpha value is -6.67. The number of hydrogen-bond acceptors (Lipinski definition) is 11. The van der Waals surface area contributed by atoms with E-state index in [1.807, 2.05) is 51.1 Å². The molecule has 71 heavy (non-hydrogen) atoms. The molecular weight excluding hydrogens is 921 g/mol. The number of imide groups is 1. The molecule has 1 aliphatic rings. The number of unbranched alkanes of at least 4 members (excludes halogenated alkanes) is 3. The molecule has 0 radical (unpaired) electrons. The van der Waals surface area contributed by atoms with E-state index in [1.54, 1.807) is 24.6 Å². The molecule has 4 rings (SSSR count). The predicted octanol–water partition coefficient (Wildman–Crippen LogP) is 3.60. The van der Waals surface area contributed by atoms with Gasteiger partial charge in [-0.15, -0.1) is 0 Å². The summed E-state index contributed by atoms with van der Waals surface area (Å²) in [7, 11) is 0. The summed E-state index contributed by atoms with van der Waals surface area (Å²) in [6, 6.07) is 7.65. The maximum atomic E-state index is 15.1.